The van der Waals surface area contributed by atoms with Crippen LogP contribution < -0.4 is 5.73 Å². The first kappa shape index (κ1) is 10.6. The minimum atomic E-state index is 0.503. The number of nitrogens with two attached hydrogens (primary N) is 1. The summed E-state index contributed by atoms with van der Waals surface area (Å²) in [5, 5.41) is 4.42. The van der Waals surface area contributed by atoms with Gasteiger partial charge in [0.2, 0.25) is 5.95 Å². The van der Waals surface area contributed by atoms with Crippen LogP contribution in [0.1, 0.15) is 43.8 Å². The number of hydrogen-bond acceptors (Lipinski definition) is 3. The second-order valence-corrected chi connectivity index (χ2v) is 5.01. The predicted molar refractivity (Wildman–Crippen MR) is 67.8 cm³/mol. The van der Waals surface area contributed by atoms with Gasteiger partial charge in [0.05, 0.1) is 5.69 Å². The Balaban J connectivity index is 2.16. The molecule has 0 aromatic carbocycles. The molecule has 1 saturated carbocycles. The number of anilines is 1. The third kappa shape index (κ3) is 1.52. The van der Waals surface area contributed by atoms with Crippen LogP contribution in [0.4, 0.5) is 5.95 Å². The number of aromatic nitrogens is 4. The summed E-state index contributed by atoms with van der Waals surface area (Å²) >= 11 is 0. The molecule has 0 saturated heterocycles. The van der Waals surface area contributed by atoms with Crippen LogP contribution in [0.3, 0.4) is 0 Å². The molecule has 1 aliphatic carbocycles. The number of aryl methyl sites for hydroxylation is 2. The summed E-state index contributed by atoms with van der Waals surface area (Å²) in [4.78, 5) is 4.47. The van der Waals surface area contributed by atoms with Gasteiger partial charge in [0.1, 0.15) is 5.52 Å². The summed E-state index contributed by atoms with van der Waals surface area (Å²) in [6.07, 6.45) is 6.35. The maximum Gasteiger partial charge on any atom is 0.202 e. The molecule has 17 heavy (non-hydrogen) atoms. The summed E-state index contributed by atoms with van der Waals surface area (Å²) in [6.45, 7) is 1.99. The van der Waals surface area contributed by atoms with E-state index in [9.17, 15) is 0 Å². The van der Waals surface area contributed by atoms with Crippen molar-refractivity contribution < 1.29 is 0 Å². The average Bonchev–Trinajstić information content (AvgIpc) is 2.79. The van der Waals surface area contributed by atoms with Gasteiger partial charge in [-0.2, -0.15) is 5.10 Å². The molecule has 0 amide bonds. The highest BCUT2D eigenvalue weighted by molar-refractivity contribution is 5.77. The fraction of sp³-hybridized carbons (Fsp3) is 0.667. The zero-order chi connectivity index (χ0) is 12.0. The Labute approximate surface area is 101 Å². The molecule has 1 fully saturated rings. The van der Waals surface area contributed by atoms with Crippen molar-refractivity contribution in [2.45, 2.75) is 45.1 Å². The van der Waals surface area contributed by atoms with E-state index in [1.165, 1.54) is 32.1 Å². The molecule has 0 radical (unpaired) electrons. The first-order valence-corrected chi connectivity index (χ1v) is 6.35. The van der Waals surface area contributed by atoms with Gasteiger partial charge in [0.15, 0.2) is 5.65 Å². The zero-order valence-electron chi connectivity index (χ0n) is 10.5. The number of fused-ring (bicyclic) bond motifs is 1. The molecule has 0 bridgehead atoms. The third-order valence-electron chi connectivity index (χ3n) is 3.80. The van der Waals surface area contributed by atoms with Crippen LogP contribution in [0, 0.1) is 6.92 Å². The highest BCUT2D eigenvalue weighted by Gasteiger charge is 2.23. The largest absolute Gasteiger partial charge is 0.369 e. The van der Waals surface area contributed by atoms with Crippen molar-refractivity contribution in [1.29, 1.82) is 0 Å². The average molecular weight is 233 g/mol. The SMILES string of the molecule is Cc1nn(C)c2c1nc(N)n2C1CCCCC1. The van der Waals surface area contributed by atoms with Crippen LogP contribution in [0.25, 0.3) is 11.2 Å². The Kier molecular flexibility index (Phi) is 2.34. The van der Waals surface area contributed by atoms with Gasteiger partial charge in [0.25, 0.3) is 0 Å². The van der Waals surface area contributed by atoms with Crippen LogP contribution in [0.15, 0.2) is 0 Å². The van der Waals surface area contributed by atoms with E-state index in [4.69, 9.17) is 5.73 Å². The molecule has 2 aromatic heterocycles. The van der Waals surface area contributed by atoms with Gasteiger partial charge in [-0.25, -0.2) is 4.98 Å². The monoisotopic (exact) mass is 233 g/mol. The van der Waals surface area contributed by atoms with E-state index in [0.717, 1.165) is 16.9 Å². The van der Waals surface area contributed by atoms with E-state index in [0.29, 0.717) is 12.0 Å². The Hall–Kier alpha value is -1.52. The topological polar surface area (TPSA) is 61.7 Å². The molecule has 0 aliphatic heterocycles. The number of rotatable bonds is 1. The Morgan fingerprint density at radius 3 is 2.65 bits per heavy atom. The predicted octanol–water partition coefficient (Wildman–Crippen LogP) is 2.17. The molecule has 1 aliphatic rings. The summed E-state index contributed by atoms with van der Waals surface area (Å²) < 4.78 is 4.09. The lowest BCUT2D eigenvalue weighted by molar-refractivity contribution is 0.360. The fourth-order valence-corrected chi connectivity index (χ4v) is 3.01. The van der Waals surface area contributed by atoms with Crippen molar-refractivity contribution in [3.8, 4) is 0 Å². The van der Waals surface area contributed by atoms with Crippen molar-refractivity contribution in [1.82, 2.24) is 19.3 Å². The first-order valence-electron chi connectivity index (χ1n) is 6.35. The minimum absolute atomic E-state index is 0.503. The van der Waals surface area contributed by atoms with Gasteiger partial charge in [-0.15, -0.1) is 0 Å². The smallest absolute Gasteiger partial charge is 0.202 e. The molecule has 3 rings (SSSR count). The van der Waals surface area contributed by atoms with Gasteiger partial charge in [-0.3, -0.25) is 9.25 Å². The van der Waals surface area contributed by atoms with Crippen LogP contribution in [-0.2, 0) is 7.05 Å². The summed E-state index contributed by atoms with van der Waals surface area (Å²) in [5.74, 6) is 0.642. The summed E-state index contributed by atoms with van der Waals surface area (Å²) in [5.41, 5.74) is 9.07. The second kappa shape index (κ2) is 3.75. The Morgan fingerprint density at radius 2 is 1.94 bits per heavy atom. The molecule has 0 unspecified atom stereocenters. The molecule has 2 heterocycles. The second-order valence-electron chi connectivity index (χ2n) is 5.01. The molecule has 5 nitrogen and oxygen atoms in total. The molecular weight excluding hydrogens is 214 g/mol. The van der Waals surface area contributed by atoms with Crippen molar-refractivity contribution in [3.05, 3.63) is 5.69 Å². The standard InChI is InChI=1S/C12H19N5/c1-8-10-11(16(2)15-8)17(12(13)14-10)9-6-4-3-5-7-9/h9H,3-7H2,1-2H3,(H2,13,14). The summed E-state index contributed by atoms with van der Waals surface area (Å²) in [7, 11) is 1.97. The van der Waals surface area contributed by atoms with Gasteiger partial charge >= 0.3 is 0 Å². The Bertz CT molecular complexity index is 545. The first-order chi connectivity index (χ1) is 8.18. The molecule has 2 aromatic rings. The molecule has 92 valence electrons. The van der Waals surface area contributed by atoms with E-state index < -0.39 is 0 Å². The van der Waals surface area contributed by atoms with E-state index >= 15 is 0 Å². The van der Waals surface area contributed by atoms with Crippen molar-refractivity contribution in [2.24, 2.45) is 7.05 Å². The van der Waals surface area contributed by atoms with Gasteiger partial charge in [0, 0.05) is 13.1 Å². The Morgan fingerprint density at radius 1 is 1.24 bits per heavy atom. The van der Waals surface area contributed by atoms with E-state index in [-0.39, 0.29) is 0 Å². The van der Waals surface area contributed by atoms with Crippen molar-refractivity contribution >= 4 is 17.1 Å². The van der Waals surface area contributed by atoms with Crippen molar-refractivity contribution in [3.63, 3.8) is 0 Å². The van der Waals surface area contributed by atoms with E-state index in [1.807, 2.05) is 18.7 Å². The van der Waals surface area contributed by atoms with Crippen LogP contribution in [-0.4, -0.2) is 19.3 Å². The molecule has 5 heteroatoms. The van der Waals surface area contributed by atoms with E-state index in [2.05, 4.69) is 14.6 Å². The van der Waals surface area contributed by atoms with Crippen molar-refractivity contribution in [2.75, 3.05) is 5.73 Å². The van der Waals surface area contributed by atoms with Crippen LogP contribution in [0.5, 0.6) is 0 Å². The number of nitrogen functional groups attached to an aromatic ring is 1. The van der Waals surface area contributed by atoms with Gasteiger partial charge in [-0.05, 0) is 19.8 Å². The maximum absolute atomic E-state index is 6.08. The molecule has 2 N–H and O–H groups in total. The maximum atomic E-state index is 6.08. The van der Waals surface area contributed by atoms with Crippen LogP contribution in [0.2, 0.25) is 0 Å². The lowest BCUT2D eigenvalue weighted by Gasteiger charge is -2.24. The molecular formula is C12H19N5. The quantitative estimate of drug-likeness (QED) is 0.821. The fourth-order valence-electron chi connectivity index (χ4n) is 3.01. The highest BCUT2D eigenvalue weighted by Crippen LogP contribution is 2.33. The zero-order valence-corrected chi connectivity index (χ0v) is 10.5. The normalized spacial score (nSPS) is 18.0. The van der Waals surface area contributed by atoms with Gasteiger partial charge in [-0.1, -0.05) is 19.3 Å². The summed E-state index contributed by atoms with van der Waals surface area (Å²) in [6, 6.07) is 0.503. The number of imidazole rings is 1. The number of hydrogen-bond donors (Lipinski definition) is 1. The van der Waals surface area contributed by atoms with Crippen LogP contribution >= 0.6 is 0 Å². The lowest BCUT2D eigenvalue weighted by Crippen LogP contribution is -2.16. The third-order valence-corrected chi connectivity index (χ3v) is 3.80. The van der Waals surface area contributed by atoms with E-state index in [1.54, 1.807) is 0 Å². The highest BCUT2D eigenvalue weighted by atomic mass is 15.4. The lowest BCUT2D eigenvalue weighted by atomic mass is 9.95. The molecule has 0 spiro atoms. The minimum Gasteiger partial charge on any atom is -0.369 e. The van der Waals surface area contributed by atoms with Gasteiger partial charge < -0.3 is 5.73 Å². The molecule has 0 atom stereocenters. The number of nitrogens with zero attached hydrogens (tertiary/aromatic N) is 4.